The zero-order valence-corrected chi connectivity index (χ0v) is 22.1. The lowest BCUT2D eigenvalue weighted by Crippen LogP contribution is -2.40. The number of alkyl halides is 2. The second-order valence-corrected chi connectivity index (χ2v) is 11.4. The molecule has 0 bridgehead atoms. The van der Waals surface area contributed by atoms with Crippen LogP contribution in [0.1, 0.15) is 62.3 Å². The second-order valence-electron chi connectivity index (χ2n) is 10.4. The first-order chi connectivity index (χ1) is 16.6. The third kappa shape index (κ3) is 6.47. The minimum atomic E-state index is -2.23. The van der Waals surface area contributed by atoms with Gasteiger partial charge in [0.15, 0.2) is 0 Å². The van der Waals surface area contributed by atoms with Crippen LogP contribution in [0.3, 0.4) is 0 Å². The molecule has 0 saturated carbocycles. The first kappa shape index (κ1) is 25.8. The Morgan fingerprint density at radius 3 is 2.49 bits per heavy atom. The highest BCUT2D eigenvalue weighted by molar-refractivity contribution is 9.11. The van der Waals surface area contributed by atoms with Crippen LogP contribution in [0.5, 0.6) is 5.75 Å². The van der Waals surface area contributed by atoms with Crippen molar-refractivity contribution in [2.45, 2.75) is 52.9 Å². The molecule has 1 saturated heterocycles. The normalized spacial score (nSPS) is 16.6. The van der Waals surface area contributed by atoms with Crippen LogP contribution in [0.2, 0.25) is 0 Å². The number of ether oxygens (including phenoxy) is 1. The molecule has 35 heavy (non-hydrogen) atoms. The molecule has 4 rings (SSSR count). The number of hydrogen-bond acceptors (Lipinski definition) is 3. The molecule has 1 aliphatic carbocycles. The molecule has 1 fully saturated rings. The zero-order chi connectivity index (χ0) is 25.2. The Bertz CT molecular complexity index is 1140. The van der Waals surface area contributed by atoms with Crippen LogP contribution in [0, 0.1) is 5.41 Å². The molecule has 0 spiro atoms. The van der Waals surface area contributed by atoms with E-state index in [2.05, 4.69) is 52.3 Å². The van der Waals surface area contributed by atoms with Gasteiger partial charge in [-0.25, -0.2) is 8.78 Å². The number of carbonyl (C=O) groups excluding carboxylic acids is 1. The molecule has 1 heterocycles. The van der Waals surface area contributed by atoms with Crippen molar-refractivity contribution in [2.24, 2.45) is 5.41 Å². The van der Waals surface area contributed by atoms with Crippen molar-refractivity contribution >= 4 is 33.5 Å². The number of benzene rings is 2. The van der Waals surface area contributed by atoms with E-state index in [-0.39, 0.29) is 12.4 Å². The number of esters is 1. The van der Waals surface area contributed by atoms with Gasteiger partial charge in [0.25, 0.3) is 0 Å². The predicted octanol–water partition coefficient (Wildman–Crippen LogP) is 7.48. The van der Waals surface area contributed by atoms with E-state index in [9.17, 15) is 13.6 Å². The topological polar surface area (TPSA) is 29.5 Å². The monoisotopic (exact) mass is 543 g/mol. The van der Waals surface area contributed by atoms with Crippen molar-refractivity contribution in [1.82, 2.24) is 4.90 Å². The summed E-state index contributed by atoms with van der Waals surface area (Å²) in [5.41, 5.74) is 6.47. The molecular weight excluding hydrogens is 512 g/mol. The van der Waals surface area contributed by atoms with E-state index in [0.717, 1.165) is 49.0 Å². The van der Waals surface area contributed by atoms with E-state index in [0.29, 0.717) is 12.3 Å². The first-order valence-corrected chi connectivity index (χ1v) is 12.9. The molecule has 2 aromatic rings. The third-order valence-electron chi connectivity index (χ3n) is 6.37. The maximum absolute atomic E-state index is 12.4. The lowest BCUT2D eigenvalue weighted by molar-refractivity contribution is -0.143. The summed E-state index contributed by atoms with van der Waals surface area (Å²) in [6, 6.07) is 14.4. The number of rotatable bonds is 6. The summed E-state index contributed by atoms with van der Waals surface area (Å²) >= 11 is 3.83. The molecule has 0 aromatic heterocycles. The summed E-state index contributed by atoms with van der Waals surface area (Å²) in [6.45, 7) is 7.54. The fraction of sp³-hybridized carbons (Fsp3) is 0.414. The number of allylic oxidation sites excluding steroid dienone is 1. The van der Waals surface area contributed by atoms with Crippen LogP contribution < -0.4 is 4.74 Å². The summed E-state index contributed by atoms with van der Waals surface area (Å²) in [6.07, 6.45) is 2.74. The van der Waals surface area contributed by atoms with Gasteiger partial charge in [-0.3, -0.25) is 9.69 Å². The third-order valence-corrected chi connectivity index (χ3v) is 7.16. The lowest BCUT2D eigenvalue weighted by Gasteiger charge is -2.34. The molecule has 0 unspecified atom stereocenters. The molecule has 1 aliphatic heterocycles. The zero-order valence-electron chi connectivity index (χ0n) is 20.5. The minimum absolute atomic E-state index is 0.0616. The van der Waals surface area contributed by atoms with Gasteiger partial charge >= 0.3 is 5.97 Å². The van der Waals surface area contributed by atoms with E-state index in [4.69, 9.17) is 4.74 Å². The van der Waals surface area contributed by atoms with Gasteiger partial charge in [-0.2, -0.15) is 0 Å². The number of aryl methyl sites for hydroxylation is 1. The largest absolute Gasteiger partial charge is 0.426 e. The van der Waals surface area contributed by atoms with Crippen LogP contribution in [-0.2, 0) is 11.2 Å². The SMILES string of the molecule is CC(C)(C)C(=O)Oc1ccc2c(c1)CCCC(Br)=C2c1ccc(C=C2CN(CCC(F)F)C2)cc1. The fourth-order valence-electron chi connectivity index (χ4n) is 4.40. The molecule has 0 radical (unpaired) electrons. The first-order valence-electron chi connectivity index (χ1n) is 12.1. The predicted molar refractivity (Wildman–Crippen MR) is 141 cm³/mol. The van der Waals surface area contributed by atoms with Gasteiger partial charge in [0, 0.05) is 30.5 Å². The Morgan fingerprint density at radius 1 is 1.11 bits per heavy atom. The Morgan fingerprint density at radius 2 is 1.83 bits per heavy atom. The smallest absolute Gasteiger partial charge is 0.316 e. The second kappa shape index (κ2) is 10.8. The number of fused-ring (bicyclic) bond motifs is 1. The average molecular weight is 544 g/mol. The number of hydrogen-bond donors (Lipinski definition) is 0. The molecule has 6 heteroatoms. The maximum atomic E-state index is 12.4. The highest BCUT2D eigenvalue weighted by atomic mass is 79.9. The van der Waals surface area contributed by atoms with E-state index >= 15 is 0 Å². The molecule has 2 aromatic carbocycles. The van der Waals surface area contributed by atoms with E-state index in [1.54, 1.807) is 0 Å². The number of nitrogens with zero attached hydrogens (tertiary/aromatic N) is 1. The van der Waals surface area contributed by atoms with Crippen LogP contribution in [0.15, 0.2) is 52.5 Å². The van der Waals surface area contributed by atoms with Crippen LogP contribution in [-0.4, -0.2) is 36.9 Å². The van der Waals surface area contributed by atoms with Crippen molar-refractivity contribution in [2.75, 3.05) is 19.6 Å². The van der Waals surface area contributed by atoms with Crippen LogP contribution >= 0.6 is 15.9 Å². The highest BCUT2D eigenvalue weighted by Gasteiger charge is 2.25. The summed E-state index contributed by atoms with van der Waals surface area (Å²) in [7, 11) is 0. The molecule has 0 N–H and O–H groups in total. The van der Waals surface area contributed by atoms with Gasteiger partial charge in [-0.05, 0) is 85.6 Å². The summed E-state index contributed by atoms with van der Waals surface area (Å²) in [4.78, 5) is 14.4. The van der Waals surface area contributed by atoms with Crippen molar-refractivity contribution in [1.29, 1.82) is 0 Å². The maximum Gasteiger partial charge on any atom is 0.316 e. The quantitative estimate of drug-likeness (QED) is 0.279. The van der Waals surface area contributed by atoms with E-state index in [1.807, 2.05) is 37.8 Å². The number of carbonyl (C=O) groups is 1. The van der Waals surface area contributed by atoms with Crippen molar-refractivity contribution in [3.63, 3.8) is 0 Å². The molecule has 0 atom stereocenters. The van der Waals surface area contributed by atoms with Gasteiger partial charge < -0.3 is 4.74 Å². The molecule has 186 valence electrons. The van der Waals surface area contributed by atoms with Crippen LogP contribution in [0.25, 0.3) is 11.6 Å². The van der Waals surface area contributed by atoms with Gasteiger partial charge in [0.1, 0.15) is 5.75 Å². The number of likely N-dealkylation sites (tertiary alicyclic amines) is 1. The van der Waals surface area contributed by atoms with Gasteiger partial charge in [-0.15, -0.1) is 0 Å². The molecule has 3 nitrogen and oxygen atoms in total. The van der Waals surface area contributed by atoms with Crippen molar-refractivity contribution < 1.29 is 18.3 Å². The minimum Gasteiger partial charge on any atom is -0.426 e. The Kier molecular flexibility index (Phi) is 7.92. The average Bonchev–Trinajstić information content (AvgIpc) is 2.92. The van der Waals surface area contributed by atoms with Crippen LogP contribution in [0.4, 0.5) is 8.78 Å². The number of halogens is 3. The molecule has 2 aliphatic rings. The van der Waals surface area contributed by atoms with E-state index < -0.39 is 11.8 Å². The standard InChI is InChI=1S/C29H32BrF2NO2/c1-29(2,3)28(34)35-23-11-12-24-22(16-23)5-4-6-25(30)27(24)21-9-7-19(8-10-21)15-20-17-33(18-20)14-13-26(31)32/h7-12,15-16,26H,4-6,13-14,17-18H2,1-3H3. The molecular formula is C29H32BrF2NO2. The van der Waals surface area contributed by atoms with Crippen molar-refractivity contribution in [3.8, 4) is 5.75 Å². The Hall–Kier alpha value is -2.31. The highest BCUT2D eigenvalue weighted by Crippen LogP contribution is 2.39. The van der Waals surface area contributed by atoms with Gasteiger partial charge in [0.05, 0.1) is 5.41 Å². The molecule has 0 amide bonds. The van der Waals surface area contributed by atoms with E-state index in [1.165, 1.54) is 21.2 Å². The Labute approximate surface area is 215 Å². The summed E-state index contributed by atoms with van der Waals surface area (Å²) in [5, 5.41) is 0. The fourth-order valence-corrected chi connectivity index (χ4v) is 5.12. The summed E-state index contributed by atoms with van der Waals surface area (Å²) < 4.78 is 31.6. The summed E-state index contributed by atoms with van der Waals surface area (Å²) in [5.74, 6) is 0.349. The van der Waals surface area contributed by atoms with Crippen molar-refractivity contribution in [3.05, 3.63) is 74.8 Å². The Balaban J connectivity index is 1.51. The lowest BCUT2D eigenvalue weighted by atomic mass is 9.92. The van der Waals surface area contributed by atoms with Gasteiger partial charge in [0.2, 0.25) is 6.43 Å². The van der Waals surface area contributed by atoms with Gasteiger partial charge in [-0.1, -0.05) is 52.3 Å².